The molecule has 9 nitrogen and oxygen atoms in total. The Morgan fingerprint density at radius 1 is 1.15 bits per heavy atom. The van der Waals surface area contributed by atoms with Gasteiger partial charge in [-0.2, -0.15) is 5.26 Å². The van der Waals surface area contributed by atoms with E-state index in [-0.39, 0.29) is 23.8 Å². The van der Waals surface area contributed by atoms with Gasteiger partial charge in [-0.05, 0) is 49.4 Å². The van der Waals surface area contributed by atoms with Gasteiger partial charge >= 0.3 is 0 Å². The number of ether oxygens (including phenoxy) is 2. The number of methoxy groups -OCH3 is 2. The smallest absolute Gasteiger partial charge is 0.270 e. The quantitative estimate of drug-likeness (QED) is 0.403. The number of fused-ring (bicyclic) bond motifs is 1. The van der Waals surface area contributed by atoms with Crippen molar-refractivity contribution in [2.24, 2.45) is 5.92 Å². The van der Waals surface area contributed by atoms with Crippen LogP contribution >= 0.6 is 0 Å². The molecule has 1 fully saturated rings. The summed E-state index contributed by atoms with van der Waals surface area (Å²) in [6.45, 7) is 4.00. The van der Waals surface area contributed by atoms with Crippen LogP contribution in [0, 0.1) is 17.2 Å². The van der Waals surface area contributed by atoms with E-state index >= 15 is 0 Å². The summed E-state index contributed by atoms with van der Waals surface area (Å²) in [6, 6.07) is 17.6. The van der Waals surface area contributed by atoms with Gasteiger partial charge in [0.05, 0.1) is 43.5 Å². The van der Waals surface area contributed by atoms with Gasteiger partial charge in [0.15, 0.2) is 0 Å². The number of piperidine rings is 1. The first-order valence-electron chi connectivity index (χ1n) is 13.2. The van der Waals surface area contributed by atoms with E-state index in [2.05, 4.69) is 21.7 Å². The van der Waals surface area contributed by atoms with E-state index in [0.717, 1.165) is 22.0 Å². The number of nitrogens with zero attached hydrogens (tertiary/aromatic N) is 3. The molecule has 3 aromatic rings. The summed E-state index contributed by atoms with van der Waals surface area (Å²) < 4.78 is 10.6. The van der Waals surface area contributed by atoms with Crippen LogP contribution in [0.1, 0.15) is 36.7 Å². The van der Waals surface area contributed by atoms with Gasteiger partial charge in [-0.3, -0.25) is 9.59 Å². The molecule has 2 amide bonds. The monoisotopic (exact) mass is 529 g/mol. The number of rotatable bonds is 10. The summed E-state index contributed by atoms with van der Waals surface area (Å²) in [7, 11) is 3.21. The van der Waals surface area contributed by atoms with Crippen molar-refractivity contribution in [3.8, 4) is 23.1 Å². The van der Waals surface area contributed by atoms with E-state index in [0.29, 0.717) is 62.6 Å². The molecule has 2 aromatic carbocycles. The molecular formula is C30H35N5O4. The zero-order chi connectivity index (χ0) is 27.8. The van der Waals surface area contributed by atoms with Crippen LogP contribution in [-0.4, -0.2) is 68.2 Å². The minimum absolute atomic E-state index is 0.00741. The van der Waals surface area contributed by atoms with E-state index < -0.39 is 0 Å². The lowest BCUT2D eigenvalue weighted by molar-refractivity contribution is -0.133. The summed E-state index contributed by atoms with van der Waals surface area (Å²) in [6.07, 6.45) is 1.79. The third-order valence-electron chi connectivity index (χ3n) is 6.99. The van der Waals surface area contributed by atoms with Crippen molar-refractivity contribution in [3.63, 3.8) is 0 Å². The maximum Gasteiger partial charge on any atom is 0.270 e. The molecule has 0 bridgehead atoms. The third kappa shape index (κ3) is 6.84. The highest BCUT2D eigenvalue weighted by atomic mass is 16.5. The van der Waals surface area contributed by atoms with Crippen LogP contribution in [0.15, 0.2) is 48.5 Å². The van der Waals surface area contributed by atoms with E-state index in [1.54, 1.807) is 20.3 Å². The number of hydrogen-bond acceptors (Lipinski definition) is 7. The van der Waals surface area contributed by atoms with Gasteiger partial charge in [0.2, 0.25) is 5.91 Å². The van der Waals surface area contributed by atoms with Crippen LogP contribution in [-0.2, 0) is 9.53 Å². The van der Waals surface area contributed by atoms with Gasteiger partial charge in [0, 0.05) is 43.7 Å². The summed E-state index contributed by atoms with van der Waals surface area (Å²) >= 11 is 0. The van der Waals surface area contributed by atoms with E-state index in [4.69, 9.17) is 9.47 Å². The molecule has 204 valence electrons. The van der Waals surface area contributed by atoms with Crippen LogP contribution in [0.5, 0.6) is 5.75 Å². The Morgan fingerprint density at radius 2 is 1.92 bits per heavy atom. The van der Waals surface area contributed by atoms with Gasteiger partial charge in [0.25, 0.3) is 5.91 Å². The number of amides is 2. The molecule has 1 aliphatic rings. The molecule has 0 aliphatic carbocycles. The molecule has 1 saturated heterocycles. The Morgan fingerprint density at radius 3 is 2.64 bits per heavy atom. The minimum atomic E-state index is -0.226. The molecule has 9 heteroatoms. The number of anilines is 1. The van der Waals surface area contributed by atoms with Crippen molar-refractivity contribution in [1.29, 1.82) is 5.26 Å². The third-order valence-corrected chi connectivity index (χ3v) is 6.99. The summed E-state index contributed by atoms with van der Waals surface area (Å²) in [4.78, 5) is 31.8. The van der Waals surface area contributed by atoms with Crippen LogP contribution in [0.3, 0.4) is 0 Å². The number of carbonyl (C=O) groups excluding carboxylic acids is 2. The van der Waals surface area contributed by atoms with E-state index in [9.17, 15) is 14.9 Å². The molecule has 1 aliphatic heterocycles. The molecule has 1 atom stereocenters. The van der Waals surface area contributed by atoms with Crippen molar-refractivity contribution in [3.05, 3.63) is 54.2 Å². The van der Waals surface area contributed by atoms with Crippen molar-refractivity contribution >= 4 is 28.3 Å². The highest BCUT2D eigenvalue weighted by Crippen LogP contribution is 2.35. The molecule has 2 heterocycles. The van der Waals surface area contributed by atoms with Gasteiger partial charge in [0.1, 0.15) is 11.4 Å². The summed E-state index contributed by atoms with van der Waals surface area (Å²) in [5.74, 6) is 0.393. The molecule has 1 unspecified atom stereocenters. The molecule has 1 aromatic heterocycles. The Bertz CT molecular complexity index is 1360. The van der Waals surface area contributed by atoms with Crippen LogP contribution in [0.2, 0.25) is 0 Å². The molecule has 0 radical (unpaired) electrons. The lowest BCUT2D eigenvalue weighted by Crippen LogP contribution is -2.46. The van der Waals surface area contributed by atoms with Gasteiger partial charge in [-0.25, -0.2) is 4.98 Å². The fraction of sp³-hybridized carbons (Fsp3) is 0.400. The zero-order valence-electron chi connectivity index (χ0n) is 22.7. The fourth-order valence-corrected chi connectivity index (χ4v) is 4.71. The molecule has 4 rings (SSSR count). The Kier molecular flexibility index (Phi) is 9.34. The van der Waals surface area contributed by atoms with Crippen molar-refractivity contribution in [2.75, 3.05) is 45.8 Å². The Hall–Kier alpha value is -4.16. The standard InChI is InChI=1S/C30H35N5O4/c1-20(18-31)19-32-29-24-17-22(8-7-21(24)9-10-27(29)39-3)25-5-4-6-26(34-25)30(37)33-23-11-14-35(15-12-23)28(36)13-16-38-2/h4-10,17,20,23,32H,11-16,19H2,1-3H3,(H,33,37). The molecule has 0 spiro atoms. The van der Waals surface area contributed by atoms with Crippen LogP contribution in [0.25, 0.3) is 22.0 Å². The van der Waals surface area contributed by atoms with Crippen molar-refractivity contribution in [1.82, 2.24) is 15.2 Å². The average Bonchev–Trinajstić information content (AvgIpc) is 2.98. The first kappa shape index (κ1) is 27.9. The Labute approximate surface area is 229 Å². The lowest BCUT2D eigenvalue weighted by atomic mass is 10.0. The number of likely N-dealkylation sites (tertiary alicyclic amines) is 1. The fourth-order valence-electron chi connectivity index (χ4n) is 4.71. The highest BCUT2D eigenvalue weighted by Gasteiger charge is 2.24. The van der Waals surface area contributed by atoms with E-state index in [1.807, 2.05) is 54.3 Å². The summed E-state index contributed by atoms with van der Waals surface area (Å²) in [5.41, 5.74) is 2.71. The van der Waals surface area contributed by atoms with E-state index in [1.165, 1.54) is 0 Å². The SMILES string of the molecule is COCCC(=O)N1CCC(NC(=O)c2cccc(-c3ccc4ccc(OC)c(NCC(C)C#N)c4c3)n2)CC1. The molecule has 39 heavy (non-hydrogen) atoms. The molecular weight excluding hydrogens is 494 g/mol. The largest absolute Gasteiger partial charge is 0.495 e. The number of pyridine rings is 1. The van der Waals surface area contributed by atoms with Crippen LogP contribution < -0.4 is 15.4 Å². The number of carbonyl (C=O) groups is 2. The van der Waals surface area contributed by atoms with Gasteiger partial charge in [-0.15, -0.1) is 0 Å². The number of aromatic nitrogens is 1. The number of benzene rings is 2. The minimum Gasteiger partial charge on any atom is -0.495 e. The molecule has 0 saturated carbocycles. The van der Waals surface area contributed by atoms with Crippen molar-refractivity contribution < 1.29 is 19.1 Å². The van der Waals surface area contributed by atoms with Crippen molar-refractivity contribution in [2.45, 2.75) is 32.2 Å². The second-order valence-corrected chi connectivity index (χ2v) is 9.77. The predicted molar refractivity (Wildman–Crippen MR) is 151 cm³/mol. The topological polar surface area (TPSA) is 117 Å². The number of nitriles is 1. The lowest BCUT2D eigenvalue weighted by Gasteiger charge is -2.32. The summed E-state index contributed by atoms with van der Waals surface area (Å²) in [5, 5.41) is 17.6. The predicted octanol–water partition coefficient (Wildman–Crippen LogP) is 4.24. The second-order valence-electron chi connectivity index (χ2n) is 9.77. The average molecular weight is 530 g/mol. The molecule has 2 N–H and O–H groups in total. The van der Waals surface area contributed by atoms with Crippen LogP contribution in [0.4, 0.5) is 5.69 Å². The van der Waals surface area contributed by atoms with Gasteiger partial charge < -0.3 is 25.0 Å². The van der Waals surface area contributed by atoms with Gasteiger partial charge in [-0.1, -0.05) is 24.3 Å². The first-order valence-corrected chi connectivity index (χ1v) is 13.2. The number of hydrogen-bond donors (Lipinski definition) is 2. The maximum atomic E-state index is 13.1. The number of nitrogens with one attached hydrogen (secondary N) is 2. The Balaban J connectivity index is 1.49. The second kappa shape index (κ2) is 13.1. The maximum absolute atomic E-state index is 13.1. The zero-order valence-corrected chi connectivity index (χ0v) is 22.7. The first-order chi connectivity index (χ1) is 18.9. The highest BCUT2D eigenvalue weighted by molar-refractivity contribution is 5.99. The normalized spacial score (nSPS) is 14.5.